The predicted octanol–water partition coefficient (Wildman–Crippen LogP) is 4.07. The Labute approximate surface area is 144 Å². The quantitative estimate of drug-likeness (QED) is 0.680. The zero-order valence-corrected chi connectivity index (χ0v) is 13.8. The summed E-state index contributed by atoms with van der Waals surface area (Å²) in [6.45, 7) is 0. The van der Waals surface area contributed by atoms with Crippen LogP contribution in [0.15, 0.2) is 53.5 Å². The largest absolute Gasteiger partial charge is 0.322 e. The van der Waals surface area contributed by atoms with Gasteiger partial charge in [0.1, 0.15) is 10.3 Å². The number of hydrogen-bond acceptors (Lipinski definition) is 3. The summed E-state index contributed by atoms with van der Waals surface area (Å²) in [4.78, 5) is 16.1. The van der Waals surface area contributed by atoms with Crippen LogP contribution in [0.1, 0.15) is 10.4 Å². The smallest absolute Gasteiger partial charge is 0.257 e. The first-order chi connectivity index (χ1) is 11.0. The maximum absolute atomic E-state index is 14.1. The van der Waals surface area contributed by atoms with Gasteiger partial charge in [-0.3, -0.25) is 4.79 Å². The maximum atomic E-state index is 14.1. The molecular formula is C15H9BrClFN4O. The second-order valence-electron chi connectivity index (χ2n) is 4.57. The van der Waals surface area contributed by atoms with E-state index in [-0.39, 0.29) is 5.56 Å². The molecule has 2 heterocycles. The van der Waals surface area contributed by atoms with Crippen molar-refractivity contribution in [2.45, 2.75) is 0 Å². The molecule has 1 N–H and O–H groups in total. The van der Waals surface area contributed by atoms with Gasteiger partial charge in [0.15, 0.2) is 5.82 Å². The standard InChI is InChI=1S/C15H9BrClFN4O/c16-14-11(17)6-9(8-19-14)15(23)21-10-2-3-13(12(18)7-10)22-5-1-4-20-22/h1-8H,(H,21,23). The molecule has 0 saturated carbocycles. The van der Waals surface area contributed by atoms with Crippen LogP contribution in [0.2, 0.25) is 5.02 Å². The Bertz CT molecular complexity index is 870. The lowest BCUT2D eigenvalue weighted by Gasteiger charge is -2.08. The van der Waals surface area contributed by atoms with Crippen LogP contribution in [0.3, 0.4) is 0 Å². The zero-order valence-electron chi connectivity index (χ0n) is 11.5. The average molecular weight is 396 g/mol. The number of benzene rings is 1. The summed E-state index contributed by atoms with van der Waals surface area (Å²) in [6, 6.07) is 7.52. The summed E-state index contributed by atoms with van der Waals surface area (Å²) < 4.78 is 16.0. The number of carbonyl (C=O) groups is 1. The van der Waals surface area contributed by atoms with Crippen LogP contribution in [-0.4, -0.2) is 20.7 Å². The van der Waals surface area contributed by atoms with Gasteiger partial charge >= 0.3 is 0 Å². The lowest BCUT2D eigenvalue weighted by atomic mass is 10.2. The topological polar surface area (TPSA) is 59.8 Å². The van der Waals surface area contributed by atoms with E-state index in [0.29, 0.717) is 21.0 Å². The third kappa shape index (κ3) is 3.40. The molecule has 0 atom stereocenters. The van der Waals surface area contributed by atoms with E-state index in [4.69, 9.17) is 11.6 Å². The summed E-state index contributed by atoms with van der Waals surface area (Å²) >= 11 is 9.05. The van der Waals surface area contributed by atoms with E-state index < -0.39 is 11.7 Å². The molecule has 1 aromatic carbocycles. The van der Waals surface area contributed by atoms with Gasteiger partial charge in [0.2, 0.25) is 0 Å². The highest BCUT2D eigenvalue weighted by molar-refractivity contribution is 9.10. The fourth-order valence-corrected chi connectivity index (χ4v) is 2.31. The number of rotatable bonds is 3. The molecule has 0 spiro atoms. The van der Waals surface area contributed by atoms with Crippen LogP contribution in [-0.2, 0) is 0 Å². The molecule has 8 heteroatoms. The number of carbonyl (C=O) groups excluding carboxylic acids is 1. The first kappa shape index (κ1) is 15.6. The van der Waals surface area contributed by atoms with Crippen LogP contribution in [0.25, 0.3) is 5.69 Å². The van der Waals surface area contributed by atoms with E-state index in [0.717, 1.165) is 0 Å². The number of nitrogens with one attached hydrogen (secondary N) is 1. The second kappa shape index (κ2) is 6.47. The molecule has 23 heavy (non-hydrogen) atoms. The van der Waals surface area contributed by atoms with Crippen molar-refractivity contribution in [1.29, 1.82) is 0 Å². The van der Waals surface area contributed by atoms with Crippen molar-refractivity contribution < 1.29 is 9.18 Å². The van der Waals surface area contributed by atoms with E-state index in [1.807, 2.05) is 0 Å². The molecule has 0 aliphatic carbocycles. The first-order valence-corrected chi connectivity index (χ1v) is 7.63. The number of pyridine rings is 1. The van der Waals surface area contributed by atoms with Crippen molar-refractivity contribution in [1.82, 2.24) is 14.8 Å². The molecular weight excluding hydrogens is 387 g/mol. The van der Waals surface area contributed by atoms with Gasteiger partial charge in [0.05, 0.1) is 10.6 Å². The molecule has 0 aliphatic rings. The summed E-state index contributed by atoms with van der Waals surface area (Å²) in [5.41, 5.74) is 0.888. The highest BCUT2D eigenvalue weighted by Crippen LogP contribution is 2.22. The Balaban J connectivity index is 1.81. The van der Waals surface area contributed by atoms with Crippen molar-refractivity contribution in [2.75, 3.05) is 5.32 Å². The minimum absolute atomic E-state index is 0.273. The van der Waals surface area contributed by atoms with Gasteiger partial charge in [-0.1, -0.05) is 11.6 Å². The van der Waals surface area contributed by atoms with Gasteiger partial charge in [-0.15, -0.1) is 0 Å². The average Bonchev–Trinajstić information content (AvgIpc) is 3.04. The number of halogens is 3. The molecule has 3 rings (SSSR count). The lowest BCUT2D eigenvalue weighted by Crippen LogP contribution is -2.13. The third-order valence-electron chi connectivity index (χ3n) is 3.02. The minimum Gasteiger partial charge on any atom is -0.322 e. The van der Waals surface area contributed by atoms with E-state index in [1.165, 1.54) is 29.1 Å². The van der Waals surface area contributed by atoms with Crippen LogP contribution in [0.5, 0.6) is 0 Å². The number of nitrogens with zero attached hydrogens (tertiary/aromatic N) is 3. The van der Waals surface area contributed by atoms with Crippen molar-refractivity contribution in [2.24, 2.45) is 0 Å². The molecule has 3 aromatic rings. The summed E-state index contributed by atoms with van der Waals surface area (Å²) in [5, 5.41) is 6.88. The lowest BCUT2D eigenvalue weighted by molar-refractivity contribution is 0.102. The predicted molar refractivity (Wildman–Crippen MR) is 88.4 cm³/mol. The van der Waals surface area contributed by atoms with E-state index in [2.05, 4.69) is 31.3 Å². The molecule has 116 valence electrons. The highest BCUT2D eigenvalue weighted by Gasteiger charge is 2.11. The number of hydrogen-bond donors (Lipinski definition) is 1. The molecule has 0 unspecified atom stereocenters. The van der Waals surface area contributed by atoms with Crippen molar-refractivity contribution in [3.05, 3.63) is 69.9 Å². The van der Waals surface area contributed by atoms with Gasteiger partial charge in [-0.2, -0.15) is 5.10 Å². The molecule has 1 amide bonds. The molecule has 0 radical (unpaired) electrons. The number of amides is 1. The van der Waals surface area contributed by atoms with Crippen LogP contribution in [0, 0.1) is 5.82 Å². The molecule has 0 bridgehead atoms. The SMILES string of the molecule is O=C(Nc1ccc(-n2cccn2)c(F)c1)c1cnc(Br)c(Cl)c1. The van der Waals surface area contributed by atoms with E-state index in [1.54, 1.807) is 24.5 Å². The monoisotopic (exact) mass is 394 g/mol. The second-order valence-corrected chi connectivity index (χ2v) is 5.73. The Kier molecular flexibility index (Phi) is 4.40. The summed E-state index contributed by atoms with van der Waals surface area (Å²) in [5.74, 6) is -0.934. The van der Waals surface area contributed by atoms with Gasteiger partial charge < -0.3 is 5.32 Å². The van der Waals surface area contributed by atoms with Crippen molar-refractivity contribution in [3.63, 3.8) is 0 Å². The summed E-state index contributed by atoms with van der Waals surface area (Å²) in [7, 11) is 0. The van der Waals surface area contributed by atoms with Crippen LogP contribution < -0.4 is 5.32 Å². The van der Waals surface area contributed by atoms with Crippen LogP contribution in [0.4, 0.5) is 10.1 Å². The molecule has 2 aromatic heterocycles. The van der Waals surface area contributed by atoms with Gasteiger partial charge in [-0.05, 0) is 46.3 Å². The van der Waals surface area contributed by atoms with Gasteiger partial charge in [0, 0.05) is 24.3 Å². The third-order valence-corrected chi connectivity index (χ3v) is 4.16. The Morgan fingerprint density at radius 1 is 1.35 bits per heavy atom. The minimum atomic E-state index is -0.501. The fraction of sp³-hybridized carbons (Fsp3) is 0. The summed E-state index contributed by atoms with van der Waals surface area (Å²) in [6.07, 6.45) is 4.56. The Morgan fingerprint density at radius 2 is 2.17 bits per heavy atom. The van der Waals surface area contributed by atoms with Crippen molar-refractivity contribution in [3.8, 4) is 5.69 Å². The van der Waals surface area contributed by atoms with E-state index in [9.17, 15) is 9.18 Å². The zero-order chi connectivity index (χ0) is 16.4. The number of aromatic nitrogens is 3. The maximum Gasteiger partial charge on any atom is 0.257 e. The van der Waals surface area contributed by atoms with Gasteiger partial charge in [0.25, 0.3) is 5.91 Å². The van der Waals surface area contributed by atoms with E-state index >= 15 is 0 Å². The van der Waals surface area contributed by atoms with Gasteiger partial charge in [-0.25, -0.2) is 14.1 Å². The molecule has 0 aliphatic heterocycles. The Hall–Kier alpha value is -2.25. The van der Waals surface area contributed by atoms with Crippen LogP contribution >= 0.6 is 27.5 Å². The van der Waals surface area contributed by atoms with Crippen molar-refractivity contribution >= 4 is 39.1 Å². The molecule has 0 saturated heterocycles. The molecule has 0 fully saturated rings. The normalized spacial score (nSPS) is 10.6. The highest BCUT2D eigenvalue weighted by atomic mass is 79.9. The molecule has 5 nitrogen and oxygen atoms in total. The Morgan fingerprint density at radius 3 is 2.83 bits per heavy atom. The number of anilines is 1. The fourth-order valence-electron chi connectivity index (χ4n) is 1.93. The first-order valence-electron chi connectivity index (χ1n) is 6.46.